The average Bonchev–Trinajstić information content (AvgIpc) is 2.76. The fraction of sp³-hybridized carbons (Fsp3) is 0.864. The van der Waals surface area contributed by atoms with Crippen molar-refractivity contribution >= 4 is 5.97 Å². The summed E-state index contributed by atoms with van der Waals surface area (Å²) >= 11 is 0. The van der Waals surface area contributed by atoms with E-state index in [1.165, 1.54) is 0 Å². The van der Waals surface area contributed by atoms with Crippen molar-refractivity contribution in [2.24, 2.45) is 11.8 Å². The molecule has 0 amide bonds. The molecule has 34 heavy (non-hydrogen) atoms. The lowest BCUT2D eigenvalue weighted by molar-refractivity contribution is -0.528. The maximum atomic E-state index is 15.9. The van der Waals surface area contributed by atoms with Crippen molar-refractivity contribution in [2.75, 3.05) is 0 Å². The van der Waals surface area contributed by atoms with E-state index in [0.717, 1.165) is 0 Å². The van der Waals surface area contributed by atoms with Gasteiger partial charge in [0.1, 0.15) is 0 Å². The summed E-state index contributed by atoms with van der Waals surface area (Å²) in [4.78, 5) is 12.2. The highest BCUT2D eigenvalue weighted by Crippen LogP contribution is 2.66. The van der Waals surface area contributed by atoms with E-state index < -0.39 is 59.5 Å². The van der Waals surface area contributed by atoms with Gasteiger partial charge in [-0.3, -0.25) is 0 Å². The van der Waals surface area contributed by atoms with Gasteiger partial charge in [-0.2, -0.15) is 35.1 Å². The maximum Gasteiger partial charge on any atom is 0.449 e. The lowest BCUT2D eigenvalue weighted by atomic mass is 9.60. The van der Waals surface area contributed by atoms with Crippen molar-refractivity contribution in [2.45, 2.75) is 106 Å². The first-order valence-electron chi connectivity index (χ1n) is 11.4. The van der Waals surface area contributed by atoms with Crippen LogP contribution in [0.5, 0.6) is 0 Å². The predicted molar refractivity (Wildman–Crippen MR) is 103 cm³/mol. The van der Waals surface area contributed by atoms with Crippen LogP contribution in [0.2, 0.25) is 0 Å². The number of rotatable bonds is 4. The molecule has 3 aliphatic rings. The number of carbonyl (C=O) groups is 1. The third kappa shape index (κ3) is 4.02. The molecule has 3 atom stereocenters. The quantitative estimate of drug-likeness (QED) is 0.278. The number of halogens is 8. The number of aliphatic hydroxyl groups is 1. The van der Waals surface area contributed by atoms with Gasteiger partial charge in [0.05, 0.1) is 0 Å². The molecule has 0 spiro atoms. The van der Waals surface area contributed by atoms with Crippen LogP contribution in [-0.4, -0.2) is 46.3 Å². The molecule has 1 heterocycles. The molecule has 3 fully saturated rings. The molecule has 196 valence electrons. The van der Waals surface area contributed by atoms with Crippen LogP contribution in [-0.2, 0) is 14.3 Å². The van der Waals surface area contributed by atoms with Crippen LogP contribution >= 0.6 is 0 Å². The van der Waals surface area contributed by atoms with Crippen LogP contribution in [0.3, 0.4) is 0 Å². The Morgan fingerprint density at radius 3 is 1.76 bits per heavy atom. The predicted octanol–water partition coefficient (Wildman–Crippen LogP) is 6.22. The third-order valence-corrected chi connectivity index (χ3v) is 7.65. The van der Waals surface area contributed by atoms with Gasteiger partial charge >= 0.3 is 30.0 Å². The topological polar surface area (TPSA) is 55.8 Å². The molecule has 4 nitrogen and oxygen atoms in total. The summed E-state index contributed by atoms with van der Waals surface area (Å²) in [5.74, 6) is -15.8. The normalized spacial score (nSPS) is 36.1. The highest BCUT2D eigenvalue weighted by molar-refractivity contribution is 5.81. The molecular formula is C22H28F8O4. The molecule has 1 aliphatic heterocycles. The molecular weight excluding hydrogens is 480 g/mol. The van der Waals surface area contributed by atoms with Crippen molar-refractivity contribution in [3.8, 4) is 0 Å². The van der Waals surface area contributed by atoms with Crippen LogP contribution in [0.1, 0.15) is 70.6 Å². The van der Waals surface area contributed by atoms with E-state index in [1.807, 2.05) is 0 Å². The second-order valence-corrected chi connectivity index (χ2v) is 9.57. The van der Waals surface area contributed by atoms with Gasteiger partial charge in [0, 0.05) is 18.4 Å². The van der Waals surface area contributed by atoms with Crippen LogP contribution in [0.4, 0.5) is 35.1 Å². The van der Waals surface area contributed by atoms with Gasteiger partial charge in [0.2, 0.25) is 0 Å². The lowest BCUT2D eigenvalue weighted by Gasteiger charge is -2.61. The Hall–Kier alpha value is -1.43. The van der Waals surface area contributed by atoms with Crippen molar-refractivity contribution in [3.63, 3.8) is 0 Å². The molecule has 12 heteroatoms. The number of carbonyl (C=O) groups excluding carboxylic acids is 1. The zero-order valence-corrected chi connectivity index (χ0v) is 18.4. The van der Waals surface area contributed by atoms with Gasteiger partial charge in [-0.25, -0.2) is 4.79 Å². The molecule has 2 saturated carbocycles. The minimum absolute atomic E-state index is 0.202. The monoisotopic (exact) mass is 508 g/mol. The SMILES string of the molecule is C=CC(=O)OC1(C2CCCCC2)CC(C2CCCCC2)(C(F)(F)F)OC(O)(C(F)(F)F)C1(F)F. The molecule has 3 rings (SSSR count). The largest absolute Gasteiger partial charge is 0.449 e. The molecule has 0 aromatic rings. The first-order chi connectivity index (χ1) is 15.6. The molecule has 3 unspecified atom stereocenters. The van der Waals surface area contributed by atoms with E-state index in [-0.39, 0.29) is 51.4 Å². The number of hydrogen-bond donors (Lipinski definition) is 1. The summed E-state index contributed by atoms with van der Waals surface area (Å²) in [5.41, 5.74) is -7.42. The van der Waals surface area contributed by atoms with Crippen molar-refractivity contribution < 1.29 is 54.5 Å². The summed E-state index contributed by atoms with van der Waals surface area (Å²) in [6, 6.07) is 0. The van der Waals surface area contributed by atoms with Crippen LogP contribution in [0.25, 0.3) is 0 Å². The Morgan fingerprint density at radius 1 is 0.882 bits per heavy atom. The second-order valence-electron chi connectivity index (χ2n) is 9.57. The van der Waals surface area contributed by atoms with Crippen molar-refractivity contribution in [1.29, 1.82) is 0 Å². The Labute approximate surface area is 191 Å². The first kappa shape index (κ1) is 27.2. The van der Waals surface area contributed by atoms with E-state index >= 15 is 8.78 Å². The van der Waals surface area contributed by atoms with Crippen LogP contribution in [0.15, 0.2) is 12.7 Å². The van der Waals surface area contributed by atoms with Crippen molar-refractivity contribution in [3.05, 3.63) is 12.7 Å². The van der Waals surface area contributed by atoms with Gasteiger partial charge in [-0.1, -0.05) is 45.1 Å². The zero-order chi connectivity index (χ0) is 25.6. The van der Waals surface area contributed by atoms with Gasteiger partial charge in [0.25, 0.3) is 0 Å². The second kappa shape index (κ2) is 8.90. The molecule has 2 aliphatic carbocycles. The fourth-order valence-corrected chi connectivity index (χ4v) is 5.95. The van der Waals surface area contributed by atoms with Gasteiger partial charge in [0.15, 0.2) is 11.2 Å². The Balaban J connectivity index is 2.34. The summed E-state index contributed by atoms with van der Waals surface area (Å²) < 4.78 is 127. The van der Waals surface area contributed by atoms with E-state index in [0.29, 0.717) is 18.9 Å². The smallest absolute Gasteiger partial charge is 0.449 e. The highest BCUT2D eigenvalue weighted by Gasteiger charge is 2.88. The Bertz CT molecular complexity index is 770. The van der Waals surface area contributed by atoms with E-state index in [2.05, 4.69) is 11.3 Å². The zero-order valence-electron chi connectivity index (χ0n) is 18.4. The standard InChI is InChI=1S/C22H28F8O4/c1-2-16(31)33-17(14-9-5-3-6-10-14)13-18(21(25,26)27,15-11-7-4-8-12-15)34-20(32,19(17,23)24)22(28,29)30/h2,14-15,32H,1,3-13H2. The number of hydrogen-bond acceptors (Lipinski definition) is 4. The molecule has 1 saturated heterocycles. The van der Waals surface area contributed by atoms with E-state index in [9.17, 15) is 36.2 Å². The number of alkyl halides is 8. The van der Waals surface area contributed by atoms with E-state index in [4.69, 9.17) is 4.74 Å². The van der Waals surface area contributed by atoms with Crippen LogP contribution < -0.4 is 0 Å². The van der Waals surface area contributed by atoms with Gasteiger partial charge in [-0.05, 0) is 31.6 Å². The maximum absolute atomic E-state index is 15.9. The molecule has 1 N–H and O–H groups in total. The third-order valence-electron chi connectivity index (χ3n) is 7.65. The summed E-state index contributed by atoms with van der Waals surface area (Å²) in [6.45, 7) is 3.05. The minimum Gasteiger partial charge on any atom is -0.449 e. The molecule has 0 aromatic heterocycles. The molecule has 0 radical (unpaired) electrons. The Morgan fingerprint density at radius 2 is 1.35 bits per heavy atom. The first-order valence-corrected chi connectivity index (χ1v) is 11.4. The summed E-state index contributed by atoms with van der Waals surface area (Å²) in [5, 5.41) is 10.4. The number of esters is 1. The Kier molecular flexibility index (Phi) is 7.11. The summed E-state index contributed by atoms with van der Waals surface area (Å²) in [7, 11) is 0. The summed E-state index contributed by atoms with van der Waals surface area (Å²) in [6.07, 6.45) is -12.2. The molecule has 0 aromatic carbocycles. The van der Waals surface area contributed by atoms with Gasteiger partial charge < -0.3 is 14.6 Å². The highest BCUT2D eigenvalue weighted by atomic mass is 19.4. The minimum atomic E-state index is -6.33. The molecule has 0 bridgehead atoms. The number of ether oxygens (including phenoxy) is 2. The average molecular weight is 508 g/mol. The lowest BCUT2D eigenvalue weighted by Crippen LogP contribution is -2.82. The fourth-order valence-electron chi connectivity index (χ4n) is 5.95. The van der Waals surface area contributed by atoms with Crippen molar-refractivity contribution in [1.82, 2.24) is 0 Å². The van der Waals surface area contributed by atoms with Crippen LogP contribution in [0, 0.1) is 11.8 Å². The van der Waals surface area contributed by atoms with Gasteiger partial charge in [-0.15, -0.1) is 0 Å². The van der Waals surface area contributed by atoms with E-state index in [1.54, 1.807) is 0 Å².